The molecule has 1 aliphatic carbocycles. The number of fused-ring (bicyclic) bond motifs is 2. The average Bonchev–Trinajstić information content (AvgIpc) is 3.22. The molecule has 4 rings (SSSR count). The highest BCUT2D eigenvalue weighted by atomic mass is 35.5. The minimum atomic E-state index is -0.343. The molecule has 144 valence electrons. The molecular weight excluding hydrogens is 348 g/mol. The monoisotopic (exact) mass is 378 g/mol. The molecule has 1 aromatic rings. The van der Waals surface area contributed by atoms with Gasteiger partial charge in [-0.3, -0.25) is 4.79 Å². The number of carbonyl (C=O) groups is 1. The fourth-order valence-corrected chi connectivity index (χ4v) is 5.15. The van der Waals surface area contributed by atoms with Gasteiger partial charge < -0.3 is 15.0 Å². The van der Waals surface area contributed by atoms with Gasteiger partial charge in [0.2, 0.25) is 5.91 Å². The molecule has 2 atom stereocenters. The first kappa shape index (κ1) is 19.5. The van der Waals surface area contributed by atoms with E-state index >= 15 is 0 Å². The summed E-state index contributed by atoms with van der Waals surface area (Å²) in [5.41, 5.74) is 1.94. The van der Waals surface area contributed by atoms with E-state index in [2.05, 4.69) is 35.3 Å². The number of ether oxygens (including phenoxy) is 1. The molecule has 26 heavy (non-hydrogen) atoms. The number of benzene rings is 1. The highest BCUT2D eigenvalue weighted by Crippen LogP contribution is 2.44. The number of amides is 1. The van der Waals surface area contributed by atoms with Gasteiger partial charge in [-0.15, -0.1) is 12.4 Å². The maximum atomic E-state index is 13.7. The zero-order chi connectivity index (χ0) is 17.4. The lowest BCUT2D eigenvalue weighted by Crippen LogP contribution is -2.48. The summed E-state index contributed by atoms with van der Waals surface area (Å²) < 4.78 is 5.54. The summed E-state index contributed by atoms with van der Waals surface area (Å²) in [6.45, 7) is 3.83. The molecule has 2 heterocycles. The number of nitrogens with one attached hydrogen (secondary N) is 1. The molecule has 3 fully saturated rings. The topological polar surface area (TPSA) is 41.6 Å². The highest BCUT2D eigenvalue weighted by Gasteiger charge is 2.46. The molecule has 0 spiro atoms. The van der Waals surface area contributed by atoms with E-state index in [4.69, 9.17) is 4.74 Å². The lowest BCUT2D eigenvalue weighted by molar-refractivity contribution is -0.137. The smallest absolute Gasteiger partial charge is 0.233 e. The Bertz CT molecular complexity index is 657. The SMILES string of the molecule is COc1cc(C2(C(=O)N3CCC4CCC(C3)N4)CCCC2)ccc1C.Cl. The number of hydrogen-bond acceptors (Lipinski definition) is 3. The fraction of sp³-hybridized carbons (Fsp3) is 0.667. The van der Waals surface area contributed by atoms with Crippen LogP contribution in [0.5, 0.6) is 5.75 Å². The van der Waals surface area contributed by atoms with Crippen molar-refractivity contribution >= 4 is 18.3 Å². The number of halogens is 1. The van der Waals surface area contributed by atoms with Crippen LogP contribution < -0.4 is 10.1 Å². The van der Waals surface area contributed by atoms with Crippen molar-refractivity contribution in [3.63, 3.8) is 0 Å². The van der Waals surface area contributed by atoms with E-state index < -0.39 is 0 Å². The summed E-state index contributed by atoms with van der Waals surface area (Å²) >= 11 is 0. The van der Waals surface area contributed by atoms with E-state index in [0.29, 0.717) is 18.0 Å². The van der Waals surface area contributed by atoms with Crippen molar-refractivity contribution in [3.8, 4) is 5.75 Å². The largest absolute Gasteiger partial charge is 0.496 e. The van der Waals surface area contributed by atoms with E-state index in [-0.39, 0.29) is 17.8 Å². The Hall–Kier alpha value is -1.26. The molecule has 2 aliphatic heterocycles. The number of carbonyl (C=O) groups excluding carboxylic acids is 1. The molecule has 1 saturated carbocycles. The van der Waals surface area contributed by atoms with Gasteiger partial charge in [0.05, 0.1) is 12.5 Å². The molecular formula is C21H31ClN2O2. The third-order valence-corrected chi connectivity index (χ3v) is 6.64. The van der Waals surface area contributed by atoms with Crippen molar-refractivity contribution in [2.24, 2.45) is 0 Å². The van der Waals surface area contributed by atoms with Crippen LogP contribution in [0.15, 0.2) is 18.2 Å². The van der Waals surface area contributed by atoms with Crippen LogP contribution in [0, 0.1) is 6.92 Å². The van der Waals surface area contributed by atoms with Gasteiger partial charge in [-0.05, 0) is 56.2 Å². The van der Waals surface area contributed by atoms with Gasteiger partial charge in [-0.25, -0.2) is 0 Å². The van der Waals surface area contributed by atoms with Crippen molar-refractivity contribution in [3.05, 3.63) is 29.3 Å². The Morgan fingerprint density at radius 1 is 1.19 bits per heavy atom. The summed E-state index contributed by atoms with van der Waals surface area (Å²) in [6.07, 6.45) is 7.79. The number of rotatable bonds is 3. The van der Waals surface area contributed by atoms with Gasteiger partial charge in [-0.1, -0.05) is 25.0 Å². The molecule has 1 amide bonds. The number of likely N-dealkylation sites (tertiary alicyclic amines) is 1. The Kier molecular flexibility index (Phi) is 5.83. The van der Waals surface area contributed by atoms with Crippen molar-refractivity contribution in [1.82, 2.24) is 10.2 Å². The van der Waals surface area contributed by atoms with Crippen molar-refractivity contribution in [2.75, 3.05) is 20.2 Å². The van der Waals surface area contributed by atoms with Gasteiger partial charge in [0, 0.05) is 25.2 Å². The van der Waals surface area contributed by atoms with E-state index in [9.17, 15) is 4.79 Å². The number of nitrogens with zero attached hydrogens (tertiary/aromatic N) is 1. The molecule has 1 aromatic carbocycles. The minimum absolute atomic E-state index is 0. The third kappa shape index (κ3) is 3.34. The summed E-state index contributed by atoms with van der Waals surface area (Å²) in [6, 6.07) is 7.47. The Morgan fingerprint density at radius 2 is 1.92 bits per heavy atom. The highest BCUT2D eigenvalue weighted by molar-refractivity contribution is 5.89. The summed E-state index contributed by atoms with van der Waals surface area (Å²) in [5.74, 6) is 1.25. The second-order valence-electron chi connectivity index (χ2n) is 8.15. The molecule has 5 heteroatoms. The first-order valence-electron chi connectivity index (χ1n) is 9.83. The molecule has 2 bridgehead atoms. The zero-order valence-corrected chi connectivity index (χ0v) is 16.7. The van der Waals surface area contributed by atoms with Crippen molar-refractivity contribution in [2.45, 2.75) is 69.4 Å². The molecule has 0 aromatic heterocycles. The number of hydrogen-bond donors (Lipinski definition) is 1. The first-order chi connectivity index (χ1) is 12.1. The molecule has 2 unspecified atom stereocenters. The number of aryl methyl sites for hydroxylation is 1. The first-order valence-corrected chi connectivity index (χ1v) is 9.83. The predicted molar refractivity (Wildman–Crippen MR) is 106 cm³/mol. The van der Waals surface area contributed by atoms with E-state index in [1.807, 2.05) is 0 Å². The Balaban J connectivity index is 0.00000196. The zero-order valence-electron chi connectivity index (χ0n) is 15.9. The van der Waals surface area contributed by atoms with Crippen LogP contribution in [-0.4, -0.2) is 43.1 Å². The lowest BCUT2D eigenvalue weighted by Gasteiger charge is -2.36. The maximum Gasteiger partial charge on any atom is 0.233 e. The van der Waals surface area contributed by atoms with Gasteiger partial charge in [0.15, 0.2) is 0 Å². The van der Waals surface area contributed by atoms with E-state index in [1.165, 1.54) is 12.8 Å². The van der Waals surface area contributed by atoms with Crippen LogP contribution >= 0.6 is 12.4 Å². The second kappa shape index (κ2) is 7.77. The minimum Gasteiger partial charge on any atom is -0.496 e. The maximum absolute atomic E-state index is 13.7. The van der Waals surface area contributed by atoms with Crippen LogP contribution in [0.3, 0.4) is 0 Å². The van der Waals surface area contributed by atoms with Gasteiger partial charge in [0.25, 0.3) is 0 Å². The van der Waals surface area contributed by atoms with Gasteiger partial charge in [0.1, 0.15) is 5.75 Å². The average molecular weight is 379 g/mol. The molecule has 1 N–H and O–H groups in total. The van der Waals surface area contributed by atoms with E-state index in [0.717, 1.165) is 62.1 Å². The van der Waals surface area contributed by atoms with Crippen molar-refractivity contribution < 1.29 is 9.53 Å². The van der Waals surface area contributed by atoms with Gasteiger partial charge >= 0.3 is 0 Å². The molecule has 3 aliphatic rings. The standard InChI is InChI=1S/C21H30N2O2.ClH/c1-15-5-6-16(13-19(15)25-2)21(10-3-4-11-21)20(24)23-12-9-17-7-8-18(14-23)22-17;/h5-6,13,17-18,22H,3-4,7-12,14H2,1-2H3;1H. The summed E-state index contributed by atoms with van der Waals surface area (Å²) in [5, 5.41) is 3.69. The van der Waals surface area contributed by atoms with Crippen LogP contribution in [0.2, 0.25) is 0 Å². The Morgan fingerprint density at radius 3 is 2.65 bits per heavy atom. The summed E-state index contributed by atoms with van der Waals surface area (Å²) in [7, 11) is 1.71. The van der Waals surface area contributed by atoms with E-state index in [1.54, 1.807) is 7.11 Å². The second-order valence-corrected chi connectivity index (χ2v) is 8.15. The fourth-order valence-electron chi connectivity index (χ4n) is 5.15. The van der Waals surface area contributed by atoms with Crippen LogP contribution in [0.1, 0.15) is 56.1 Å². The van der Waals surface area contributed by atoms with Crippen LogP contribution in [0.25, 0.3) is 0 Å². The lowest BCUT2D eigenvalue weighted by atomic mass is 9.77. The predicted octanol–water partition coefficient (Wildman–Crippen LogP) is 3.59. The Labute approximate surface area is 163 Å². The summed E-state index contributed by atoms with van der Waals surface area (Å²) in [4.78, 5) is 15.9. The molecule has 4 nitrogen and oxygen atoms in total. The van der Waals surface area contributed by atoms with Crippen LogP contribution in [0.4, 0.5) is 0 Å². The quantitative estimate of drug-likeness (QED) is 0.873. The van der Waals surface area contributed by atoms with Crippen molar-refractivity contribution in [1.29, 1.82) is 0 Å². The number of methoxy groups -OCH3 is 1. The van der Waals surface area contributed by atoms with Crippen LogP contribution in [-0.2, 0) is 10.2 Å². The third-order valence-electron chi connectivity index (χ3n) is 6.64. The molecule has 2 saturated heterocycles. The normalized spacial score (nSPS) is 26.9. The molecule has 0 radical (unpaired) electrons. The van der Waals surface area contributed by atoms with Gasteiger partial charge in [-0.2, -0.15) is 0 Å².